The van der Waals surface area contributed by atoms with Crippen molar-refractivity contribution in [3.05, 3.63) is 112 Å². The molecule has 0 radical (unpaired) electrons. The monoisotopic (exact) mass is 595 g/mol. The number of hydrogen-bond acceptors (Lipinski definition) is 9. The Morgan fingerprint density at radius 3 is 1.57 bits per heavy atom. The zero-order valence-electron chi connectivity index (χ0n) is 24.5. The van der Waals surface area contributed by atoms with E-state index in [0.29, 0.717) is 46.6 Å². The molecule has 9 heteroatoms. The summed E-state index contributed by atoms with van der Waals surface area (Å²) in [6, 6.07) is 21.2. The molecular weight excluding hydrogens is 562 g/mol. The second-order valence-corrected chi connectivity index (χ2v) is 10.7. The van der Waals surface area contributed by atoms with Crippen LogP contribution >= 0.6 is 0 Å². The molecule has 3 aromatic carbocycles. The van der Waals surface area contributed by atoms with E-state index in [1.165, 1.54) is 13.8 Å². The third kappa shape index (κ3) is 6.27. The van der Waals surface area contributed by atoms with Gasteiger partial charge in [-0.15, -0.1) is 0 Å². The van der Waals surface area contributed by atoms with Crippen molar-refractivity contribution in [1.82, 2.24) is 0 Å². The molecular formula is C35H33NO8. The van der Waals surface area contributed by atoms with E-state index >= 15 is 0 Å². The molecule has 0 aliphatic heterocycles. The lowest BCUT2D eigenvalue weighted by Gasteiger charge is -2.30. The van der Waals surface area contributed by atoms with Crippen molar-refractivity contribution in [2.75, 3.05) is 31.2 Å². The zero-order chi connectivity index (χ0) is 31.4. The smallest absolute Gasteiger partial charge is 0.302 e. The van der Waals surface area contributed by atoms with E-state index < -0.39 is 17.9 Å². The number of hydrogen-bond donors (Lipinski definition) is 2. The maximum Gasteiger partial charge on any atom is 0.302 e. The minimum atomic E-state index is -1.04. The summed E-state index contributed by atoms with van der Waals surface area (Å²) in [5, 5.41) is 23.0. The van der Waals surface area contributed by atoms with Crippen molar-refractivity contribution < 1.29 is 38.9 Å². The second-order valence-electron chi connectivity index (χ2n) is 10.7. The number of anilines is 1. The Labute approximate surface area is 255 Å². The van der Waals surface area contributed by atoms with Gasteiger partial charge >= 0.3 is 11.9 Å². The van der Waals surface area contributed by atoms with E-state index in [4.69, 9.17) is 9.47 Å². The van der Waals surface area contributed by atoms with Gasteiger partial charge in [-0.25, -0.2) is 0 Å². The summed E-state index contributed by atoms with van der Waals surface area (Å²) in [6.45, 7) is 3.52. The van der Waals surface area contributed by atoms with Gasteiger partial charge in [-0.2, -0.15) is 0 Å². The van der Waals surface area contributed by atoms with Gasteiger partial charge in [-0.3, -0.25) is 19.2 Å². The first-order valence-electron chi connectivity index (χ1n) is 14.4. The van der Waals surface area contributed by atoms with Gasteiger partial charge in [0.1, 0.15) is 24.7 Å². The highest BCUT2D eigenvalue weighted by atomic mass is 16.5. The third-order valence-electron chi connectivity index (χ3n) is 7.86. The summed E-state index contributed by atoms with van der Waals surface area (Å²) in [6.07, 6.45) is 0.0894. The van der Waals surface area contributed by atoms with Gasteiger partial charge in [0.05, 0.1) is 24.2 Å². The van der Waals surface area contributed by atoms with Gasteiger partial charge in [-0.1, -0.05) is 60.7 Å². The van der Waals surface area contributed by atoms with E-state index in [9.17, 15) is 29.4 Å². The highest BCUT2D eigenvalue weighted by molar-refractivity contribution is 6.13. The molecule has 3 aromatic rings. The molecule has 2 aliphatic carbocycles. The minimum Gasteiger partial charge on any atom is -0.507 e. The van der Waals surface area contributed by atoms with Crippen molar-refractivity contribution >= 4 is 40.7 Å². The number of aliphatic hydroxyl groups is 2. The van der Waals surface area contributed by atoms with Crippen LogP contribution in [0.5, 0.6) is 0 Å². The zero-order valence-corrected chi connectivity index (χ0v) is 24.5. The van der Waals surface area contributed by atoms with Crippen LogP contribution in [0.25, 0.3) is 11.5 Å². The van der Waals surface area contributed by atoms with Crippen LogP contribution < -0.4 is 4.90 Å². The Bertz CT molecular complexity index is 1580. The van der Waals surface area contributed by atoms with Crippen molar-refractivity contribution in [1.29, 1.82) is 0 Å². The average molecular weight is 596 g/mol. The molecule has 0 heterocycles. The van der Waals surface area contributed by atoms with E-state index in [1.807, 2.05) is 4.90 Å². The highest BCUT2D eigenvalue weighted by Gasteiger charge is 2.39. The molecule has 9 nitrogen and oxygen atoms in total. The number of carbonyl (C=O) groups excluding carboxylic acids is 4. The Morgan fingerprint density at radius 1 is 0.705 bits per heavy atom. The lowest BCUT2D eigenvalue weighted by Crippen LogP contribution is -2.32. The molecule has 0 bridgehead atoms. The Hall–Kier alpha value is -5.18. The summed E-state index contributed by atoms with van der Waals surface area (Å²) in [5.74, 6) is -2.99. The number of rotatable bonds is 10. The normalized spacial score (nSPS) is 14.3. The topological polar surface area (TPSA) is 130 Å². The fourth-order valence-corrected chi connectivity index (χ4v) is 5.82. The van der Waals surface area contributed by atoms with Crippen LogP contribution in [0.3, 0.4) is 0 Å². The lowest BCUT2D eigenvalue weighted by molar-refractivity contribution is -0.141. The number of carbonyl (C=O) groups is 4. The Balaban J connectivity index is 1.60. The molecule has 0 fully saturated rings. The number of benzene rings is 3. The number of ketones is 2. The van der Waals surface area contributed by atoms with Crippen LogP contribution in [0.4, 0.5) is 5.69 Å². The van der Waals surface area contributed by atoms with E-state index in [-0.39, 0.29) is 60.3 Å². The predicted molar refractivity (Wildman–Crippen MR) is 164 cm³/mol. The molecule has 5 rings (SSSR count). The minimum absolute atomic E-state index is 0.0447. The lowest BCUT2D eigenvalue weighted by atomic mass is 9.72. The first-order valence-corrected chi connectivity index (χ1v) is 14.4. The first-order chi connectivity index (χ1) is 21.2. The van der Waals surface area contributed by atoms with Crippen LogP contribution in [0, 0.1) is 0 Å². The van der Waals surface area contributed by atoms with E-state index in [1.54, 1.807) is 72.8 Å². The maximum atomic E-state index is 13.7. The number of esters is 2. The summed E-state index contributed by atoms with van der Waals surface area (Å²) in [4.78, 5) is 51.9. The average Bonchev–Trinajstić information content (AvgIpc) is 2.99. The SMILES string of the molecule is CC(=O)OCCN(CCOC(C)=O)c1ccc(C(C2=C(O)c3ccccc3CC2=O)C2=C(O)c3ccccc3CC2=O)cc1. The standard InChI is InChI=1S/C35H33NO8/c1-21(37)43-17-15-36(16-18-44-22(2)38)26-13-11-23(12-14-26)31(32-29(39)19-24-7-3-5-9-27(24)34(32)41)33-30(40)20-25-8-4-6-10-28(25)35(33)42/h3-14,31,41-42H,15-20H2,1-2H3. The van der Waals surface area contributed by atoms with Gasteiger partial charge in [0, 0.05) is 49.4 Å². The number of ether oxygens (including phenoxy) is 2. The summed E-state index contributed by atoms with van der Waals surface area (Å²) < 4.78 is 10.2. The van der Waals surface area contributed by atoms with Gasteiger partial charge < -0.3 is 24.6 Å². The number of allylic oxidation sites excluding steroid dienone is 2. The summed E-state index contributed by atoms with van der Waals surface area (Å²) in [5.41, 5.74) is 3.72. The molecule has 0 saturated heterocycles. The first kappa shape index (κ1) is 30.3. The largest absolute Gasteiger partial charge is 0.507 e. The second kappa shape index (κ2) is 13.0. The molecule has 44 heavy (non-hydrogen) atoms. The Morgan fingerprint density at radius 2 is 1.14 bits per heavy atom. The molecule has 0 amide bonds. The molecule has 0 unspecified atom stereocenters. The Kier molecular flexibility index (Phi) is 8.94. The van der Waals surface area contributed by atoms with E-state index in [0.717, 1.165) is 0 Å². The van der Waals surface area contributed by atoms with Crippen molar-refractivity contribution in [2.24, 2.45) is 0 Å². The molecule has 0 saturated carbocycles. The maximum absolute atomic E-state index is 13.7. The van der Waals surface area contributed by atoms with Crippen molar-refractivity contribution in [3.8, 4) is 0 Å². The summed E-state index contributed by atoms with van der Waals surface area (Å²) >= 11 is 0. The van der Waals surface area contributed by atoms with Crippen LogP contribution in [-0.2, 0) is 41.5 Å². The van der Waals surface area contributed by atoms with Crippen LogP contribution in [0.2, 0.25) is 0 Å². The van der Waals surface area contributed by atoms with Gasteiger partial charge in [0.2, 0.25) is 0 Å². The highest BCUT2D eigenvalue weighted by Crippen LogP contribution is 2.44. The fraction of sp³-hybridized carbons (Fsp3) is 0.257. The van der Waals surface area contributed by atoms with Gasteiger partial charge in [0.25, 0.3) is 0 Å². The van der Waals surface area contributed by atoms with Crippen LogP contribution in [-0.4, -0.2) is 60.0 Å². The van der Waals surface area contributed by atoms with Crippen molar-refractivity contribution in [3.63, 3.8) is 0 Å². The molecule has 2 N–H and O–H groups in total. The van der Waals surface area contributed by atoms with Gasteiger partial charge in [-0.05, 0) is 28.8 Å². The fourth-order valence-electron chi connectivity index (χ4n) is 5.82. The number of nitrogens with zero attached hydrogens (tertiary/aromatic N) is 1. The van der Waals surface area contributed by atoms with Crippen LogP contribution in [0.1, 0.15) is 47.6 Å². The molecule has 2 aliphatic rings. The van der Waals surface area contributed by atoms with Gasteiger partial charge in [0.15, 0.2) is 11.6 Å². The van der Waals surface area contributed by atoms with Crippen LogP contribution in [0.15, 0.2) is 83.9 Å². The summed E-state index contributed by atoms with van der Waals surface area (Å²) in [7, 11) is 0. The van der Waals surface area contributed by atoms with E-state index in [2.05, 4.69) is 0 Å². The molecule has 0 aromatic heterocycles. The predicted octanol–water partition coefficient (Wildman–Crippen LogP) is 4.89. The van der Waals surface area contributed by atoms with Crippen molar-refractivity contribution in [2.45, 2.75) is 32.6 Å². The quantitative estimate of drug-likeness (QED) is 0.315. The third-order valence-corrected chi connectivity index (χ3v) is 7.86. The number of fused-ring (bicyclic) bond motifs is 2. The molecule has 226 valence electrons. The molecule has 0 spiro atoms. The molecule has 0 atom stereocenters. The number of Topliss-reactive ketones (excluding diaryl/α,β-unsaturated/α-hetero) is 2. The number of aliphatic hydroxyl groups excluding tert-OH is 2.